The largest absolute Gasteiger partial charge is 0.474 e. The summed E-state index contributed by atoms with van der Waals surface area (Å²) in [6, 6.07) is 0. The zero-order valence-electron chi connectivity index (χ0n) is 14.2. The van der Waals surface area contributed by atoms with Gasteiger partial charge in [-0.1, -0.05) is 0 Å². The number of phosphoric ester groups is 1. The molecule has 0 heterocycles. The van der Waals surface area contributed by atoms with Crippen LogP contribution in [0, 0.1) is 0 Å². The van der Waals surface area contributed by atoms with E-state index in [9.17, 15) is 29.8 Å². The molecule has 0 spiro atoms. The van der Waals surface area contributed by atoms with Crippen LogP contribution in [0.25, 0.3) is 0 Å². The van der Waals surface area contributed by atoms with Crippen LogP contribution < -0.4 is 0 Å². The summed E-state index contributed by atoms with van der Waals surface area (Å²) >= 11 is 0. The second-order valence-corrected chi connectivity index (χ2v) is 11.5. The quantitative estimate of drug-likeness (QED) is 0.215. The van der Waals surface area contributed by atoms with Crippen molar-refractivity contribution >= 4 is 38.2 Å². The van der Waals surface area contributed by atoms with Crippen molar-refractivity contribution in [2.24, 2.45) is 0 Å². The predicted molar refractivity (Wildman–Crippen MR) is 87.8 cm³/mol. The van der Waals surface area contributed by atoms with Crippen LogP contribution in [0.4, 0.5) is 0 Å². The van der Waals surface area contributed by atoms with Crippen molar-refractivity contribution in [3.63, 3.8) is 0 Å². The van der Waals surface area contributed by atoms with Gasteiger partial charge in [0, 0.05) is 0 Å². The van der Waals surface area contributed by atoms with Gasteiger partial charge in [0.15, 0.2) is 0 Å². The Hall–Kier alpha value is -0.160. The third kappa shape index (κ3) is 11.5. The Morgan fingerprint density at radius 2 is 0.808 bits per heavy atom. The van der Waals surface area contributed by atoms with E-state index in [4.69, 9.17) is 13.6 Å². The Morgan fingerprint density at radius 1 is 0.577 bits per heavy atom. The van der Waals surface area contributed by atoms with E-state index in [0.717, 1.165) is 21.3 Å². The molecule has 0 aromatic heterocycles. The van der Waals surface area contributed by atoms with E-state index < -0.39 is 75.3 Å². The van der Waals surface area contributed by atoms with E-state index in [1.165, 1.54) is 0 Å². The Labute approximate surface area is 152 Å². The second kappa shape index (κ2) is 11.0. The molecule has 0 aromatic carbocycles. The van der Waals surface area contributed by atoms with Gasteiger partial charge in [-0.2, -0.15) is 25.3 Å². The summed E-state index contributed by atoms with van der Waals surface area (Å²) in [5, 5.41) is 0. The highest BCUT2D eigenvalue weighted by atomic mass is 32.2. The molecule has 0 aliphatic heterocycles. The third-order valence-electron chi connectivity index (χ3n) is 2.51. The molecule has 0 radical (unpaired) electrons. The first kappa shape index (κ1) is 25.8. The van der Waals surface area contributed by atoms with Gasteiger partial charge in [-0.15, -0.1) is 0 Å². The molecule has 17 heteroatoms. The molecule has 0 saturated carbocycles. The molecular formula is C9H21O13PS3. The van der Waals surface area contributed by atoms with Gasteiger partial charge in [-0.05, 0) is 0 Å². The summed E-state index contributed by atoms with van der Waals surface area (Å²) in [6.07, 6.45) is 0. The lowest BCUT2D eigenvalue weighted by molar-refractivity contribution is 0.126. The average Bonchev–Trinajstić information content (AvgIpc) is 2.54. The van der Waals surface area contributed by atoms with E-state index in [1.807, 2.05) is 0 Å². The lowest BCUT2D eigenvalue weighted by Gasteiger charge is -2.17. The normalized spacial score (nSPS) is 13.8. The van der Waals surface area contributed by atoms with Gasteiger partial charge in [-0.3, -0.25) is 26.1 Å². The second-order valence-electron chi connectivity index (χ2n) is 4.23. The highest BCUT2D eigenvalue weighted by molar-refractivity contribution is 7.87. The minimum atomic E-state index is -4.47. The first-order valence-electron chi connectivity index (χ1n) is 6.69. The zero-order valence-corrected chi connectivity index (χ0v) is 17.6. The summed E-state index contributed by atoms with van der Waals surface area (Å²) in [7, 11) is -13.5. The fourth-order valence-electron chi connectivity index (χ4n) is 1.12. The van der Waals surface area contributed by atoms with Crippen LogP contribution in [-0.4, -0.2) is 83.7 Å². The summed E-state index contributed by atoms with van der Waals surface area (Å²) in [5.41, 5.74) is 0. The average molecular weight is 464 g/mol. The lowest BCUT2D eigenvalue weighted by atomic mass is 10.9. The number of rotatable bonds is 15. The van der Waals surface area contributed by atoms with E-state index >= 15 is 0 Å². The molecule has 0 rings (SSSR count). The molecule has 0 aromatic rings. The maximum Gasteiger partial charge on any atom is 0.474 e. The van der Waals surface area contributed by atoms with Gasteiger partial charge < -0.3 is 0 Å². The Morgan fingerprint density at radius 3 is 1.00 bits per heavy atom. The smallest absolute Gasteiger partial charge is 0.286 e. The minimum absolute atomic E-state index is 0.679. The fraction of sp³-hybridized carbons (Fsp3) is 1.00. The standard InChI is InChI=1S/C9H21O13PS3/c1-17-24(11,12)7-4-20-23(10,21-5-8-25(13,14)18-2)22-6-9-26(15,16)19-3/h4-9H2,1-3H3. The van der Waals surface area contributed by atoms with Gasteiger partial charge in [0.1, 0.15) is 0 Å². The molecule has 0 atom stereocenters. The first-order chi connectivity index (χ1) is 11.8. The number of hydrogen-bond donors (Lipinski definition) is 0. The van der Waals surface area contributed by atoms with Gasteiger partial charge in [0.2, 0.25) is 0 Å². The third-order valence-corrected chi connectivity index (χ3v) is 7.53. The van der Waals surface area contributed by atoms with Crippen LogP contribution in [0.1, 0.15) is 0 Å². The molecule has 0 saturated heterocycles. The molecule has 0 fully saturated rings. The molecule has 0 aliphatic carbocycles. The summed E-state index contributed by atoms with van der Waals surface area (Å²) in [6.45, 7) is -2.04. The maximum absolute atomic E-state index is 12.4. The molecule has 0 amide bonds. The molecule has 0 N–H and O–H groups in total. The molecule has 26 heavy (non-hydrogen) atoms. The highest BCUT2D eigenvalue weighted by Gasteiger charge is 2.29. The van der Waals surface area contributed by atoms with Crippen molar-refractivity contribution in [2.45, 2.75) is 0 Å². The van der Waals surface area contributed by atoms with Crippen LogP contribution in [0.3, 0.4) is 0 Å². The minimum Gasteiger partial charge on any atom is -0.286 e. The molecule has 0 bridgehead atoms. The first-order valence-corrected chi connectivity index (χ1v) is 12.9. The summed E-state index contributed by atoms with van der Waals surface area (Å²) in [4.78, 5) is 0. The zero-order chi connectivity index (χ0) is 20.5. The van der Waals surface area contributed by atoms with Gasteiger partial charge in [0.25, 0.3) is 30.4 Å². The van der Waals surface area contributed by atoms with E-state index in [0.29, 0.717) is 0 Å². The van der Waals surface area contributed by atoms with Crippen molar-refractivity contribution in [2.75, 3.05) is 58.4 Å². The Kier molecular flexibility index (Phi) is 10.9. The summed E-state index contributed by atoms with van der Waals surface area (Å²) in [5.74, 6) is -2.10. The molecule has 0 aliphatic rings. The van der Waals surface area contributed by atoms with E-state index in [2.05, 4.69) is 12.5 Å². The van der Waals surface area contributed by atoms with Crippen molar-refractivity contribution in [1.29, 1.82) is 0 Å². The van der Waals surface area contributed by atoms with Gasteiger partial charge in [0.05, 0.1) is 58.4 Å². The lowest BCUT2D eigenvalue weighted by Crippen LogP contribution is -2.18. The van der Waals surface area contributed by atoms with Crippen LogP contribution >= 0.6 is 7.82 Å². The van der Waals surface area contributed by atoms with Crippen LogP contribution in [-0.2, 0) is 61.0 Å². The molecular weight excluding hydrogens is 443 g/mol. The van der Waals surface area contributed by atoms with Crippen LogP contribution in [0.2, 0.25) is 0 Å². The van der Waals surface area contributed by atoms with E-state index in [1.54, 1.807) is 0 Å². The van der Waals surface area contributed by atoms with Crippen molar-refractivity contribution in [3.8, 4) is 0 Å². The SMILES string of the molecule is COS(=O)(=O)CCOP(=O)(OCCS(=O)(=O)OC)OCCS(=O)(=O)OC. The topological polar surface area (TPSA) is 175 Å². The van der Waals surface area contributed by atoms with Gasteiger partial charge >= 0.3 is 7.82 Å². The van der Waals surface area contributed by atoms with E-state index in [-0.39, 0.29) is 0 Å². The summed E-state index contributed by atoms with van der Waals surface area (Å²) < 4.78 is 106. The Balaban J connectivity index is 4.87. The fourth-order valence-corrected chi connectivity index (χ4v) is 4.02. The number of hydrogen-bond acceptors (Lipinski definition) is 13. The Bertz CT molecular complexity index is 665. The van der Waals surface area contributed by atoms with Crippen LogP contribution in [0.5, 0.6) is 0 Å². The highest BCUT2D eigenvalue weighted by Crippen LogP contribution is 2.49. The van der Waals surface area contributed by atoms with Crippen molar-refractivity contribution < 1.29 is 55.9 Å². The van der Waals surface area contributed by atoms with Gasteiger partial charge in [-0.25, -0.2) is 4.57 Å². The monoisotopic (exact) mass is 464 g/mol. The molecule has 158 valence electrons. The molecule has 13 nitrogen and oxygen atoms in total. The number of phosphoric acid groups is 1. The van der Waals surface area contributed by atoms with Crippen molar-refractivity contribution in [1.82, 2.24) is 0 Å². The predicted octanol–water partition coefficient (Wildman–Crippen LogP) is -0.927. The molecule has 0 unspecified atom stereocenters. The maximum atomic E-state index is 12.4. The van der Waals surface area contributed by atoms with Crippen molar-refractivity contribution in [3.05, 3.63) is 0 Å². The van der Waals surface area contributed by atoms with Crippen LogP contribution in [0.15, 0.2) is 0 Å².